The third kappa shape index (κ3) is 5.62. The summed E-state index contributed by atoms with van der Waals surface area (Å²) in [6.07, 6.45) is -2.13. The number of ether oxygens (including phenoxy) is 1. The smallest absolute Gasteiger partial charge is 0.406 e. The highest BCUT2D eigenvalue weighted by Crippen LogP contribution is 2.24. The van der Waals surface area contributed by atoms with Crippen molar-refractivity contribution in [1.82, 2.24) is 5.32 Å². The molecule has 3 rings (SSSR count). The van der Waals surface area contributed by atoms with Crippen LogP contribution in [0, 0.1) is 0 Å². The average Bonchev–Trinajstić information content (AvgIpc) is 2.59. The number of hydrogen-bond donors (Lipinski definition) is 3. The summed E-state index contributed by atoms with van der Waals surface area (Å²) in [5.74, 6) is -0.324. The lowest BCUT2D eigenvalue weighted by atomic mass is 9.88. The van der Waals surface area contributed by atoms with Gasteiger partial charge in [-0.2, -0.15) is 0 Å². The molecule has 1 atom stereocenters. The summed E-state index contributed by atoms with van der Waals surface area (Å²) in [6, 6.07) is 10.9. The molecule has 144 valence electrons. The summed E-state index contributed by atoms with van der Waals surface area (Å²) in [7, 11) is 0. The highest BCUT2D eigenvalue weighted by molar-refractivity contribution is 5.89. The molecule has 0 unspecified atom stereocenters. The Labute approximate surface area is 154 Å². The van der Waals surface area contributed by atoms with Crippen molar-refractivity contribution in [2.75, 3.05) is 5.32 Å². The zero-order valence-corrected chi connectivity index (χ0v) is 14.5. The van der Waals surface area contributed by atoms with E-state index >= 15 is 0 Å². The SMILES string of the molecule is N[C@H]1CCc2cc(NC(=O)NCc3cccc(OC(F)(F)F)c3)ccc2C1. The molecule has 1 aliphatic carbocycles. The summed E-state index contributed by atoms with van der Waals surface area (Å²) in [5.41, 5.74) is 9.48. The Bertz CT molecular complexity index is 824. The van der Waals surface area contributed by atoms with Crippen LogP contribution in [0.4, 0.5) is 23.7 Å². The second-order valence-corrected chi connectivity index (χ2v) is 6.49. The van der Waals surface area contributed by atoms with E-state index in [9.17, 15) is 18.0 Å². The summed E-state index contributed by atoms with van der Waals surface area (Å²) in [6.45, 7) is 0.0701. The van der Waals surface area contributed by atoms with E-state index in [2.05, 4.69) is 15.4 Å². The summed E-state index contributed by atoms with van der Waals surface area (Å²) >= 11 is 0. The van der Waals surface area contributed by atoms with Gasteiger partial charge in [0.05, 0.1) is 0 Å². The number of carbonyl (C=O) groups is 1. The first-order valence-corrected chi connectivity index (χ1v) is 8.55. The first-order valence-electron chi connectivity index (χ1n) is 8.55. The van der Waals surface area contributed by atoms with Crippen molar-refractivity contribution in [3.8, 4) is 5.75 Å². The molecule has 0 saturated heterocycles. The molecule has 0 bridgehead atoms. The predicted molar refractivity (Wildman–Crippen MR) is 95.4 cm³/mol. The lowest BCUT2D eigenvalue weighted by Gasteiger charge is -2.22. The van der Waals surface area contributed by atoms with Gasteiger partial charge in [-0.15, -0.1) is 13.2 Å². The van der Waals surface area contributed by atoms with Gasteiger partial charge in [0.2, 0.25) is 0 Å². The van der Waals surface area contributed by atoms with E-state index in [1.807, 2.05) is 18.2 Å². The number of nitrogens with one attached hydrogen (secondary N) is 2. The second-order valence-electron chi connectivity index (χ2n) is 6.49. The number of amides is 2. The van der Waals surface area contributed by atoms with Crippen LogP contribution in [0.3, 0.4) is 0 Å². The fourth-order valence-electron chi connectivity index (χ4n) is 3.07. The molecule has 0 spiro atoms. The molecule has 0 aromatic heterocycles. The van der Waals surface area contributed by atoms with Gasteiger partial charge in [0.25, 0.3) is 0 Å². The third-order valence-electron chi connectivity index (χ3n) is 4.32. The van der Waals surface area contributed by atoms with E-state index in [1.54, 1.807) is 6.07 Å². The molecule has 27 heavy (non-hydrogen) atoms. The molecule has 0 aliphatic heterocycles. The number of urea groups is 1. The van der Waals surface area contributed by atoms with Crippen molar-refractivity contribution in [2.45, 2.75) is 38.2 Å². The van der Waals surface area contributed by atoms with Crippen LogP contribution < -0.4 is 21.1 Å². The molecule has 4 N–H and O–H groups in total. The van der Waals surface area contributed by atoms with E-state index in [0.29, 0.717) is 11.3 Å². The fraction of sp³-hybridized carbons (Fsp3) is 0.316. The number of carbonyl (C=O) groups excluding carboxylic acids is 1. The second kappa shape index (κ2) is 7.87. The molecule has 2 aromatic rings. The Morgan fingerprint density at radius 2 is 2.00 bits per heavy atom. The first kappa shape index (κ1) is 19.0. The molecular weight excluding hydrogens is 359 g/mol. The Balaban J connectivity index is 1.55. The fourth-order valence-corrected chi connectivity index (χ4v) is 3.07. The number of nitrogens with two attached hydrogens (primary N) is 1. The van der Waals surface area contributed by atoms with Gasteiger partial charge in [-0.1, -0.05) is 18.2 Å². The van der Waals surface area contributed by atoms with E-state index in [0.717, 1.165) is 19.3 Å². The van der Waals surface area contributed by atoms with Gasteiger partial charge in [0.15, 0.2) is 0 Å². The number of fused-ring (bicyclic) bond motifs is 1. The Kier molecular flexibility index (Phi) is 5.55. The number of anilines is 1. The van der Waals surface area contributed by atoms with Gasteiger partial charge in [-0.3, -0.25) is 0 Å². The molecular formula is C19H20F3N3O2. The van der Waals surface area contributed by atoms with E-state index in [-0.39, 0.29) is 18.3 Å². The molecule has 0 saturated carbocycles. The molecule has 0 radical (unpaired) electrons. The Morgan fingerprint density at radius 1 is 1.19 bits per heavy atom. The molecule has 0 heterocycles. The van der Waals surface area contributed by atoms with Gasteiger partial charge >= 0.3 is 12.4 Å². The predicted octanol–water partition coefficient (Wildman–Crippen LogP) is 3.72. The van der Waals surface area contributed by atoms with Crippen molar-refractivity contribution in [1.29, 1.82) is 0 Å². The third-order valence-corrected chi connectivity index (χ3v) is 4.32. The molecule has 5 nitrogen and oxygen atoms in total. The van der Waals surface area contributed by atoms with Crippen LogP contribution in [0.15, 0.2) is 42.5 Å². The van der Waals surface area contributed by atoms with Crippen LogP contribution in [0.25, 0.3) is 0 Å². The van der Waals surface area contributed by atoms with Crippen LogP contribution in [0.1, 0.15) is 23.1 Å². The minimum Gasteiger partial charge on any atom is -0.406 e. The number of aryl methyl sites for hydroxylation is 1. The lowest BCUT2D eigenvalue weighted by Crippen LogP contribution is -2.29. The zero-order chi connectivity index (χ0) is 19.4. The average molecular weight is 379 g/mol. The van der Waals surface area contributed by atoms with Crippen LogP contribution in [0.5, 0.6) is 5.75 Å². The van der Waals surface area contributed by atoms with Crippen molar-refractivity contribution >= 4 is 11.7 Å². The largest absolute Gasteiger partial charge is 0.573 e. The van der Waals surface area contributed by atoms with E-state index < -0.39 is 12.4 Å². The van der Waals surface area contributed by atoms with Gasteiger partial charge in [-0.25, -0.2) is 4.79 Å². The molecule has 2 aromatic carbocycles. The number of alkyl halides is 3. The maximum atomic E-state index is 12.3. The Morgan fingerprint density at radius 3 is 2.78 bits per heavy atom. The van der Waals surface area contributed by atoms with Crippen LogP contribution >= 0.6 is 0 Å². The van der Waals surface area contributed by atoms with Gasteiger partial charge in [-0.05, 0) is 60.2 Å². The van der Waals surface area contributed by atoms with Crippen molar-refractivity contribution in [3.05, 3.63) is 59.2 Å². The summed E-state index contributed by atoms with van der Waals surface area (Å²) in [4.78, 5) is 12.1. The number of hydrogen-bond acceptors (Lipinski definition) is 3. The van der Waals surface area contributed by atoms with Crippen molar-refractivity contribution in [2.24, 2.45) is 5.73 Å². The number of halogens is 3. The van der Waals surface area contributed by atoms with E-state index in [4.69, 9.17) is 5.73 Å². The minimum atomic E-state index is -4.75. The zero-order valence-electron chi connectivity index (χ0n) is 14.5. The number of benzene rings is 2. The maximum Gasteiger partial charge on any atom is 0.573 e. The van der Waals surface area contributed by atoms with Gasteiger partial charge in [0.1, 0.15) is 5.75 Å². The maximum absolute atomic E-state index is 12.3. The van der Waals surface area contributed by atoms with Crippen molar-refractivity contribution in [3.63, 3.8) is 0 Å². The molecule has 1 aliphatic rings. The first-order chi connectivity index (χ1) is 12.8. The summed E-state index contributed by atoms with van der Waals surface area (Å²) < 4.78 is 40.7. The standard InChI is InChI=1S/C19H20F3N3O2/c20-19(21,22)27-17-3-1-2-12(8-17)11-24-18(26)25-16-7-5-13-9-15(23)6-4-14(13)10-16/h1-3,5,7-8,10,15H,4,6,9,11,23H2,(H2,24,25,26)/t15-/m0/s1. The highest BCUT2D eigenvalue weighted by Gasteiger charge is 2.31. The summed E-state index contributed by atoms with van der Waals surface area (Å²) in [5, 5.41) is 5.35. The van der Waals surface area contributed by atoms with E-state index in [1.165, 1.54) is 29.3 Å². The normalized spacial score (nSPS) is 16.4. The quantitative estimate of drug-likeness (QED) is 0.758. The molecule has 8 heteroatoms. The minimum absolute atomic E-state index is 0.0701. The molecule has 0 fully saturated rings. The molecule has 2 amide bonds. The Hall–Kier alpha value is -2.74. The highest BCUT2D eigenvalue weighted by atomic mass is 19.4. The van der Waals surface area contributed by atoms with Crippen LogP contribution in [-0.2, 0) is 19.4 Å². The number of rotatable bonds is 4. The topological polar surface area (TPSA) is 76.4 Å². The van der Waals surface area contributed by atoms with Crippen LogP contribution in [0.2, 0.25) is 0 Å². The van der Waals surface area contributed by atoms with Crippen molar-refractivity contribution < 1.29 is 22.7 Å². The monoisotopic (exact) mass is 379 g/mol. The van der Waals surface area contributed by atoms with Gasteiger partial charge in [0, 0.05) is 18.3 Å². The lowest BCUT2D eigenvalue weighted by molar-refractivity contribution is -0.274. The van der Waals surface area contributed by atoms with Gasteiger partial charge < -0.3 is 21.1 Å². The van der Waals surface area contributed by atoms with Crippen LogP contribution in [-0.4, -0.2) is 18.4 Å².